The van der Waals surface area contributed by atoms with Gasteiger partial charge in [-0.25, -0.2) is 13.6 Å². The predicted octanol–water partition coefficient (Wildman–Crippen LogP) is 3.52. The van der Waals surface area contributed by atoms with Crippen LogP contribution >= 0.6 is 0 Å². The second-order valence-corrected chi connectivity index (χ2v) is 5.70. The lowest BCUT2D eigenvalue weighted by molar-refractivity contribution is -0.115. The second-order valence-electron chi connectivity index (χ2n) is 5.70. The van der Waals surface area contributed by atoms with Crippen LogP contribution in [0.1, 0.15) is 40.0 Å². The molecule has 2 nitrogen and oxygen atoms in total. The van der Waals surface area contributed by atoms with Crippen molar-refractivity contribution in [1.29, 1.82) is 0 Å². The zero-order chi connectivity index (χ0) is 12.6. The molecule has 0 aromatic rings. The van der Waals surface area contributed by atoms with Gasteiger partial charge < -0.3 is 5.32 Å². The molecule has 0 aromatic heterocycles. The Bertz CT molecular complexity index is 265. The van der Waals surface area contributed by atoms with Gasteiger partial charge in [-0.05, 0) is 17.8 Å². The topological polar surface area (TPSA) is 29.1 Å². The van der Waals surface area contributed by atoms with Gasteiger partial charge in [0.25, 0.3) is 0 Å². The van der Waals surface area contributed by atoms with Crippen LogP contribution in [0.2, 0.25) is 0 Å². The van der Waals surface area contributed by atoms with Gasteiger partial charge in [0.15, 0.2) is 0 Å². The van der Waals surface area contributed by atoms with Gasteiger partial charge in [0.2, 0.25) is 5.92 Å². The molecule has 0 bridgehead atoms. The van der Waals surface area contributed by atoms with Crippen LogP contribution < -0.4 is 5.32 Å². The summed E-state index contributed by atoms with van der Waals surface area (Å²) in [5.74, 6) is -2.68. The summed E-state index contributed by atoms with van der Waals surface area (Å²) < 4.78 is 37.6. The van der Waals surface area contributed by atoms with E-state index < -0.39 is 18.1 Å². The molecule has 1 amide bonds. The fourth-order valence-electron chi connectivity index (χ4n) is 2.05. The number of carbonyl (C=O) groups excluding carboxylic acids is 1. The first-order valence-corrected chi connectivity index (χ1v) is 5.44. The summed E-state index contributed by atoms with van der Waals surface area (Å²) in [7, 11) is 0. The van der Waals surface area contributed by atoms with E-state index in [0.29, 0.717) is 6.42 Å². The molecular weight excluding hydrogens is 219 g/mol. The molecule has 0 radical (unpaired) electrons. The Morgan fingerprint density at radius 2 is 1.94 bits per heavy atom. The zero-order valence-electron chi connectivity index (χ0n) is 9.82. The minimum absolute atomic E-state index is 0.119. The number of hydrogen-bond donors (Lipinski definition) is 1. The molecule has 1 fully saturated rings. The molecule has 1 rings (SSSR count). The number of hydrogen-bond acceptors (Lipinski definition) is 1. The number of halogens is 3. The van der Waals surface area contributed by atoms with Crippen LogP contribution in [-0.4, -0.2) is 18.1 Å². The van der Waals surface area contributed by atoms with E-state index in [1.54, 1.807) is 0 Å². The largest absolute Gasteiger partial charge is 0.397 e. The summed E-state index contributed by atoms with van der Waals surface area (Å²) in [5, 5.41) is 2.20. The highest BCUT2D eigenvalue weighted by molar-refractivity contribution is 5.66. The molecule has 0 heterocycles. The number of alkyl halides is 2. The van der Waals surface area contributed by atoms with E-state index in [4.69, 9.17) is 0 Å². The Morgan fingerprint density at radius 3 is 2.25 bits per heavy atom. The van der Waals surface area contributed by atoms with E-state index in [1.165, 1.54) is 0 Å². The first-order valence-electron chi connectivity index (χ1n) is 5.44. The van der Waals surface area contributed by atoms with Crippen LogP contribution in [0.5, 0.6) is 0 Å². The van der Waals surface area contributed by atoms with Crippen molar-refractivity contribution >= 4 is 6.16 Å². The average molecular weight is 237 g/mol. The van der Waals surface area contributed by atoms with Gasteiger partial charge in [0.05, 0.1) is 0 Å². The van der Waals surface area contributed by atoms with Gasteiger partial charge in [-0.15, -0.1) is 4.39 Å². The maximum Gasteiger partial charge on any atom is 0.397 e. The van der Waals surface area contributed by atoms with Crippen LogP contribution in [0, 0.1) is 11.3 Å². The van der Waals surface area contributed by atoms with Crippen molar-refractivity contribution < 1.29 is 18.0 Å². The van der Waals surface area contributed by atoms with Crippen molar-refractivity contribution in [3.63, 3.8) is 0 Å². The van der Waals surface area contributed by atoms with Gasteiger partial charge in [0.1, 0.15) is 0 Å². The SMILES string of the molecule is CC(C)(C)C(CC1CC(F)(F)C1)NC(=O)F. The fourth-order valence-corrected chi connectivity index (χ4v) is 2.05. The van der Waals surface area contributed by atoms with Crippen LogP contribution in [0.15, 0.2) is 0 Å². The smallest absolute Gasteiger partial charge is 0.325 e. The van der Waals surface area contributed by atoms with Crippen LogP contribution in [-0.2, 0) is 0 Å². The molecule has 0 aliphatic heterocycles. The Labute approximate surface area is 93.6 Å². The van der Waals surface area contributed by atoms with Crippen molar-refractivity contribution in [1.82, 2.24) is 5.32 Å². The molecule has 1 unspecified atom stereocenters. The number of amides is 1. The van der Waals surface area contributed by atoms with Crippen LogP contribution in [0.3, 0.4) is 0 Å². The minimum atomic E-state index is -2.56. The summed E-state index contributed by atoms with van der Waals surface area (Å²) in [6.45, 7) is 5.55. The Hall–Kier alpha value is -0.740. The van der Waals surface area contributed by atoms with E-state index in [1.807, 2.05) is 20.8 Å². The highest BCUT2D eigenvalue weighted by atomic mass is 19.3. The van der Waals surface area contributed by atoms with Crippen molar-refractivity contribution in [2.45, 2.75) is 52.0 Å². The molecule has 1 aliphatic rings. The number of carbonyl (C=O) groups is 1. The maximum absolute atomic E-state index is 12.6. The maximum atomic E-state index is 12.6. The third kappa shape index (κ3) is 3.68. The van der Waals surface area contributed by atoms with E-state index >= 15 is 0 Å². The molecular formula is C11H18F3NO. The summed E-state index contributed by atoms with van der Waals surface area (Å²) in [5.41, 5.74) is -0.327. The summed E-state index contributed by atoms with van der Waals surface area (Å²) in [6, 6.07) is -0.397. The lowest BCUT2D eigenvalue weighted by Crippen LogP contribution is -2.46. The van der Waals surface area contributed by atoms with Crippen molar-refractivity contribution in [3.05, 3.63) is 0 Å². The molecule has 1 atom stereocenters. The van der Waals surface area contributed by atoms with Gasteiger partial charge in [-0.2, -0.15) is 0 Å². The first kappa shape index (κ1) is 13.3. The van der Waals surface area contributed by atoms with Crippen molar-refractivity contribution in [3.8, 4) is 0 Å². The fraction of sp³-hybridized carbons (Fsp3) is 0.909. The highest BCUT2D eigenvalue weighted by Crippen LogP contribution is 2.45. The highest BCUT2D eigenvalue weighted by Gasteiger charge is 2.46. The van der Waals surface area contributed by atoms with Gasteiger partial charge in [-0.3, -0.25) is 0 Å². The molecule has 5 heteroatoms. The van der Waals surface area contributed by atoms with Crippen LogP contribution in [0.25, 0.3) is 0 Å². The third-order valence-corrected chi connectivity index (χ3v) is 3.08. The quantitative estimate of drug-likeness (QED) is 0.590. The van der Waals surface area contributed by atoms with Crippen molar-refractivity contribution in [2.75, 3.05) is 0 Å². The molecule has 1 N–H and O–H groups in total. The molecule has 0 aromatic carbocycles. The normalized spacial score (nSPS) is 22.4. The van der Waals surface area contributed by atoms with Gasteiger partial charge in [0, 0.05) is 18.9 Å². The lowest BCUT2D eigenvalue weighted by atomic mass is 9.72. The van der Waals surface area contributed by atoms with E-state index in [0.717, 1.165) is 0 Å². The van der Waals surface area contributed by atoms with E-state index in [2.05, 4.69) is 5.32 Å². The lowest BCUT2D eigenvalue weighted by Gasteiger charge is -2.40. The summed E-state index contributed by atoms with van der Waals surface area (Å²) in [6.07, 6.45) is -1.48. The van der Waals surface area contributed by atoms with Gasteiger partial charge >= 0.3 is 6.16 Å². The molecule has 94 valence electrons. The number of rotatable bonds is 3. The summed E-state index contributed by atoms with van der Waals surface area (Å²) in [4.78, 5) is 10.4. The third-order valence-electron chi connectivity index (χ3n) is 3.08. The van der Waals surface area contributed by atoms with E-state index in [-0.39, 0.29) is 24.2 Å². The monoisotopic (exact) mass is 237 g/mol. The van der Waals surface area contributed by atoms with E-state index in [9.17, 15) is 18.0 Å². The minimum Gasteiger partial charge on any atom is -0.325 e. The molecule has 0 saturated heterocycles. The van der Waals surface area contributed by atoms with Gasteiger partial charge in [-0.1, -0.05) is 20.8 Å². The number of nitrogens with one attached hydrogen (secondary N) is 1. The molecule has 1 saturated carbocycles. The Balaban J connectivity index is 2.49. The second kappa shape index (κ2) is 4.26. The van der Waals surface area contributed by atoms with Crippen LogP contribution in [0.4, 0.5) is 18.0 Å². The van der Waals surface area contributed by atoms with Crippen molar-refractivity contribution in [2.24, 2.45) is 11.3 Å². The molecule has 1 aliphatic carbocycles. The predicted molar refractivity (Wildman–Crippen MR) is 55.2 cm³/mol. The average Bonchev–Trinajstić information content (AvgIpc) is 1.96. The Morgan fingerprint density at radius 1 is 1.44 bits per heavy atom. The molecule has 0 spiro atoms. The zero-order valence-corrected chi connectivity index (χ0v) is 9.82. The first-order chi connectivity index (χ1) is 7.10. The standard InChI is InChI=1S/C11H18F3NO/c1-10(2,3)8(15-9(12)16)4-7-5-11(13,14)6-7/h7-8H,4-6H2,1-3H3,(H,15,16). The summed E-state index contributed by atoms with van der Waals surface area (Å²) >= 11 is 0. The Kier molecular flexibility index (Phi) is 3.55. The molecule has 16 heavy (non-hydrogen) atoms.